The lowest BCUT2D eigenvalue weighted by atomic mass is 10.1. The van der Waals surface area contributed by atoms with E-state index < -0.39 is 0 Å². The van der Waals surface area contributed by atoms with Crippen molar-refractivity contribution in [1.29, 1.82) is 5.26 Å². The van der Waals surface area contributed by atoms with Crippen LogP contribution in [0.4, 0.5) is 0 Å². The lowest BCUT2D eigenvalue weighted by molar-refractivity contribution is 0.937. The molecule has 0 amide bonds. The predicted octanol–water partition coefficient (Wildman–Crippen LogP) is 2.66. The maximum atomic E-state index is 9.09. The molecule has 104 valence electrons. The molecule has 0 spiro atoms. The van der Waals surface area contributed by atoms with Gasteiger partial charge in [0.25, 0.3) is 0 Å². The summed E-state index contributed by atoms with van der Waals surface area (Å²) in [5, 5.41) is 19.4. The highest BCUT2D eigenvalue weighted by molar-refractivity contribution is 5.72. The average molecular weight is 286 g/mol. The number of aromatic amines is 1. The molecule has 4 rings (SSSR count). The molecule has 3 aromatic heterocycles. The summed E-state index contributed by atoms with van der Waals surface area (Å²) in [4.78, 5) is 4.40. The number of nitrogens with one attached hydrogen (secondary N) is 1. The standard InChI is InChI=1S/C16H10N6/c17-9-13-16(20-21-19-13)12-5-3-4-11(8-12)14-10-18-15-6-1-2-7-22(14)15/h1-8,10H,(H,19,20,21). The number of rotatable bonds is 2. The zero-order chi connectivity index (χ0) is 14.9. The zero-order valence-corrected chi connectivity index (χ0v) is 11.4. The van der Waals surface area contributed by atoms with Gasteiger partial charge in [-0.25, -0.2) is 10.1 Å². The Balaban J connectivity index is 1.88. The van der Waals surface area contributed by atoms with Crippen LogP contribution in [-0.2, 0) is 0 Å². The molecular weight excluding hydrogens is 276 g/mol. The van der Waals surface area contributed by atoms with Gasteiger partial charge in [-0.1, -0.05) is 29.5 Å². The van der Waals surface area contributed by atoms with Crippen molar-refractivity contribution in [2.24, 2.45) is 0 Å². The van der Waals surface area contributed by atoms with Gasteiger partial charge >= 0.3 is 0 Å². The van der Waals surface area contributed by atoms with Crippen molar-refractivity contribution in [3.8, 4) is 28.6 Å². The van der Waals surface area contributed by atoms with Crippen molar-refractivity contribution in [1.82, 2.24) is 24.8 Å². The number of H-pyrrole nitrogens is 1. The van der Waals surface area contributed by atoms with Crippen LogP contribution in [0.1, 0.15) is 5.69 Å². The molecule has 0 aliphatic heterocycles. The first kappa shape index (κ1) is 12.3. The summed E-state index contributed by atoms with van der Waals surface area (Å²) in [5.74, 6) is 0. The summed E-state index contributed by atoms with van der Waals surface area (Å²) in [6.45, 7) is 0. The van der Waals surface area contributed by atoms with E-state index in [1.54, 1.807) is 0 Å². The minimum atomic E-state index is 0.357. The van der Waals surface area contributed by atoms with Crippen molar-refractivity contribution < 1.29 is 0 Å². The molecule has 0 unspecified atom stereocenters. The molecule has 0 saturated carbocycles. The van der Waals surface area contributed by atoms with Crippen molar-refractivity contribution >= 4 is 5.65 Å². The summed E-state index contributed by atoms with van der Waals surface area (Å²) in [6.07, 6.45) is 3.81. The Kier molecular flexibility index (Phi) is 2.70. The Hall–Kier alpha value is -3.46. The van der Waals surface area contributed by atoms with Gasteiger partial charge in [0.1, 0.15) is 17.4 Å². The smallest absolute Gasteiger partial charge is 0.163 e. The van der Waals surface area contributed by atoms with Gasteiger partial charge in [-0.3, -0.25) is 4.40 Å². The maximum Gasteiger partial charge on any atom is 0.163 e. The van der Waals surface area contributed by atoms with Crippen molar-refractivity contribution in [3.05, 3.63) is 60.6 Å². The zero-order valence-electron chi connectivity index (χ0n) is 11.4. The number of aromatic nitrogens is 5. The lowest BCUT2D eigenvalue weighted by Crippen LogP contribution is -1.88. The van der Waals surface area contributed by atoms with Crippen molar-refractivity contribution in [2.75, 3.05) is 0 Å². The molecule has 4 aromatic rings. The molecule has 6 heteroatoms. The fourth-order valence-electron chi connectivity index (χ4n) is 2.48. The fraction of sp³-hybridized carbons (Fsp3) is 0. The van der Waals surface area contributed by atoms with Crippen molar-refractivity contribution in [3.63, 3.8) is 0 Å². The molecule has 0 radical (unpaired) electrons. The summed E-state index contributed by atoms with van der Waals surface area (Å²) in [5.41, 5.74) is 4.63. The van der Waals surface area contributed by atoms with Gasteiger partial charge in [0, 0.05) is 17.3 Å². The molecule has 0 aliphatic carbocycles. The highest BCUT2D eigenvalue weighted by atomic mass is 15.3. The first-order chi connectivity index (χ1) is 10.9. The largest absolute Gasteiger partial charge is 0.300 e. The summed E-state index contributed by atoms with van der Waals surface area (Å²) in [6, 6.07) is 15.8. The monoisotopic (exact) mass is 286 g/mol. The van der Waals surface area contributed by atoms with Crippen LogP contribution in [0.5, 0.6) is 0 Å². The summed E-state index contributed by atoms with van der Waals surface area (Å²) >= 11 is 0. The molecule has 22 heavy (non-hydrogen) atoms. The van der Waals surface area contributed by atoms with Crippen LogP contribution < -0.4 is 0 Å². The van der Waals surface area contributed by atoms with E-state index in [0.717, 1.165) is 22.5 Å². The Morgan fingerprint density at radius 2 is 2.00 bits per heavy atom. The second kappa shape index (κ2) is 4.82. The van der Waals surface area contributed by atoms with E-state index in [9.17, 15) is 0 Å². The molecule has 0 atom stereocenters. The molecule has 6 nitrogen and oxygen atoms in total. The highest BCUT2D eigenvalue weighted by Crippen LogP contribution is 2.26. The average Bonchev–Trinajstić information content (AvgIpc) is 3.21. The Morgan fingerprint density at radius 3 is 2.91 bits per heavy atom. The SMILES string of the molecule is N#Cc1[nH]nnc1-c1cccc(-c2cnc3ccccn23)c1. The third-order valence-electron chi connectivity index (χ3n) is 3.51. The molecule has 1 N–H and O–H groups in total. The van der Waals surface area contributed by atoms with Gasteiger partial charge in [-0.15, -0.1) is 5.10 Å². The number of hydrogen-bond donors (Lipinski definition) is 1. The van der Waals surface area contributed by atoms with E-state index in [4.69, 9.17) is 5.26 Å². The first-order valence-electron chi connectivity index (χ1n) is 6.71. The topological polar surface area (TPSA) is 82.7 Å². The molecule has 1 aromatic carbocycles. The van der Waals surface area contributed by atoms with E-state index >= 15 is 0 Å². The summed E-state index contributed by atoms with van der Waals surface area (Å²) in [7, 11) is 0. The van der Waals surface area contributed by atoms with Crippen LogP contribution in [0.3, 0.4) is 0 Å². The third-order valence-corrected chi connectivity index (χ3v) is 3.51. The molecule has 3 heterocycles. The van der Waals surface area contributed by atoms with E-state index in [2.05, 4.69) is 26.5 Å². The van der Waals surface area contributed by atoms with Crippen LogP contribution in [0.15, 0.2) is 54.9 Å². The number of fused-ring (bicyclic) bond motifs is 1. The van der Waals surface area contributed by atoms with Crippen molar-refractivity contribution in [2.45, 2.75) is 0 Å². The van der Waals surface area contributed by atoms with E-state index in [1.807, 2.05) is 59.3 Å². The lowest BCUT2D eigenvalue weighted by Gasteiger charge is -2.04. The van der Waals surface area contributed by atoms with Gasteiger partial charge in [0.2, 0.25) is 0 Å². The Bertz CT molecular complexity index is 1000. The van der Waals surface area contributed by atoms with Crippen LogP contribution in [-0.4, -0.2) is 24.8 Å². The molecular formula is C16H10N6. The number of nitrogens with zero attached hydrogens (tertiary/aromatic N) is 5. The molecule has 0 bridgehead atoms. The predicted molar refractivity (Wildman–Crippen MR) is 80.7 cm³/mol. The van der Waals surface area contributed by atoms with E-state index in [1.165, 1.54) is 0 Å². The minimum absolute atomic E-state index is 0.357. The van der Waals surface area contributed by atoms with Gasteiger partial charge < -0.3 is 0 Å². The van der Waals surface area contributed by atoms with Gasteiger partial charge in [-0.05, 0) is 18.2 Å². The normalized spacial score (nSPS) is 10.7. The third kappa shape index (κ3) is 1.84. The maximum absolute atomic E-state index is 9.09. The number of pyridine rings is 1. The fourth-order valence-corrected chi connectivity index (χ4v) is 2.48. The number of imidazole rings is 1. The quantitative estimate of drug-likeness (QED) is 0.614. The van der Waals surface area contributed by atoms with E-state index in [-0.39, 0.29) is 0 Å². The first-order valence-corrected chi connectivity index (χ1v) is 6.71. The second-order valence-corrected chi connectivity index (χ2v) is 4.80. The van der Waals surface area contributed by atoms with Crippen LogP contribution in [0.25, 0.3) is 28.2 Å². The Labute approximate surface area is 125 Å². The number of nitriles is 1. The number of benzene rings is 1. The van der Waals surface area contributed by atoms with Gasteiger partial charge in [-0.2, -0.15) is 5.26 Å². The molecule has 0 aliphatic rings. The number of hydrogen-bond acceptors (Lipinski definition) is 4. The summed E-state index contributed by atoms with van der Waals surface area (Å²) < 4.78 is 2.02. The van der Waals surface area contributed by atoms with Crippen LogP contribution in [0.2, 0.25) is 0 Å². The highest BCUT2D eigenvalue weighted by Gasteiger charge is 2.11. The Morgan fingerprint density at radius 1 is 1.09 bits per heavy atom. The molecule has 0 fully saturated rings. The van der Waals surface area contributed by atoms with Gasteiger partial charge in [0.05, 0.1) is 11.9 Å². The second-order valence-electron chi connectivity index (χ2n) is 4.80. The van der Waals surface area contributed by atoms with Crippen LogP contribution >= 0.6 is 0 Å². The van der Waals surface area contributed by atoms with Crippen LogP contribution in [0, 0.1) is 11.3 Å². The van der Waals surface area contributed by atoms with Gasteiger partial charge in [0.15, 0.2) is 5.69 Å². The van der Waals surface area contributed by atoms with E-state index in [0.29, 0.717) is 11.4 Å². The molecule has 0 saturated heterocycles. The minimum Gasteiger partial charge on any atom is -0.300 e.